The van der Waals surface area contributed by atoms with E-state index < -0.39 is 0 Å². The van der Waals surface area contributed by atoms with Crippen LogP contribution >= 0.6 is 22.6 Å². The quantitative estimate of drug-likeness (QED) is 0.650. The Balaban J connectivity index is 1.89. The number of carbonyl (C=O) groups is 1. The topological polar surface area (TPSA) is 66.9 Å². The Morgan fingerprint density at radius 3 is 2.50 bits per heavy atom. The molecule has 5 nitrogen and oxygen atoms in total. The molecule has 3 rings (SSSR count). The van der Waals surface area contributed by atoms with Crippen molar-refractivity contribution in [3.8, 4) is 0 Å². The zero-order valence-electron chi connectivity index (χ0n) is 11.8. The maximum atomic E-state index is 11.0. The Labute approximate surface area is 141 Å². The number of fused-ring (bicyclic) bond motifs is 1. The zero-order valence-corrected chi connectivity index (χ0v) is 14.0. The van der Waals surface area contributed by atoms with Gasteiger partial charge >= 0.3 is 0 Å². The van der Waals surface area contributed by atoms with E-state index in [1.54, 1.807) is 6.33 Å². The normalized spacial score (nSPS) is 10.5. The van der Waals surface area contributed by atoms with Crippen LogP contribution in [0.2, 0.25) is 0 Å². The molecule has 22 heavy (non-hydrogen) atoms. The van der Waals surface area contributed by atoms with Crippen molar-refractivity contribution in [1.29, 1.82) is 0 Å². The molecular weight excluding hydrogens is 391 g/mol. The summed E-state index contributed by atoms with van der Waals surface area (Å²) in [5.74, 6) is 0.674. The van der Waals surface area contributed by atoms with Crippen LogP contribution in [0.5, 0.6) is 0 Å². The maximum Gasteiger partial charge on any atom is 0.221 e. The Bertz CT molecular complexity index is 833. The Morgan fingerprint density at radius 2 is 1.77 bits per heavy atom. The lowest BCUT2D eigenvalue weighted by atomic mass is 10.2. The molecule has 3 aromatic rings. The minimum absolute atomic E-state index is 0.0860. The van der Waals surface area contributed by atoms with E-state index >= 15 is 0 Å². The van der Waals surface area contributed by atoms with Gasteiger partial charge in [0.25, 0.3) is 0 Å². The molecule has 0 aliphatic heterocycles. The molecule has 0 aliphatic carbocycles. The highest BCUT2D eigenvalue weighted by Gasteiger charge is 2.05. The van der Waals surface area contributed by atoms with Crippen molar-refractivity contribution in [2.24, 2.45) is 0 Å². The van der Waals surface area contributed by atoms with Crippen LogP contribution in [0.4, 0.5) is 17.2 Å². The molecule has 0 fully saturated rings. The number of nitrogens with one attached hydrogen (secondary N) is 2. The summed E-state index contributed by atoms with van der Waals surface area (Å²) in [7, 11) is 0. The van der Waals surface area contributed by atoms with Crippen LogP contribution in [0.15, 0.2) is 48.8 Å². The summed E-state index contributed by atoms with van der Waals surface area (Å²) >= 11 is 2.27. The fraction of sp³-hybridized carbons (Fsp3) is 0.0625. The van der Waals surface area contributed by atoms with Crippen LogP contribution in [-0.4, -0.2) is 15.9 Å². The van der Waals surface area contributed by atoms with Gasteiger partial charge < -0.3 is 10.6 Å². The van der Waals surface area contributed by atoms with Gasteiger partial charge in [-0.3, -0.25) is 4.79 Å². The summed E-state index contributed by atoms with van der Waals surface area (Å²) in [4.78, 5) is 19.6. The standard InChI is InChI=1S/C16H13IN4O/c1-10(22)20-12-3-5-13(6-4-12)21-16-14-8-11(17)2-7-15(14)18-9-19-16/h2-9H,1H3,(H,20,22)(H,18,19,21). The van der Waals surface area contributed by atoms with Crippen molar-refractivity contribution >= 4 is 56.6 Å². The average Bonchev–Trinajstić information content (AvgIpc) is 2.49. The van der Waals surface area contributed by atoms with Crippen molar-refractivity contribution in [3.63, 3.8) is 0 Å². The molecule has 0 saturated carbocycles. The van der Waals surface area contributed by atoms with E-state index in [-0.39, 0.29) is 5.91 Å². The van der Waals surface area contributed by atoms with Crippen LogP contribution in [-0.2, 0) is 4.79 Å². The minimum Gasteiger partial charge on any atom is -0.340 e. The van der Waals surface area contributed by atoms with Gasteiger partial charge in [0, 0.05) is 27.3 Å². The smallest absolute Gasteiger partial charge is 0.221 e. The number of aromatic nitrogens is 2. The van der Waals surface area contributed by atoms with Gasteiger partial charge in [-0.15, -0.1) is 0 Å². The van der Waals surface area contributed by atoms with Crippen LogP contribution in [0.25, 0.3) is 10.9 Å². The molecule has 110 valence electrons. The summed E-state index contributed by atoms with van der Waals surface area (Å²) < 4.78 is 1.13. The predicted octanol–water partition coefficient (Wildman–Crippen LogP) is 3.94. The molecule has 1 amide bonds. The lowest BCUT2D eigenvalue weighted by Gasteiger charge is -2.09. The van der Waals surface area contributed by atoms with Gasteiger partial charge in [-0.05, 0) is 65.1 Å². The number of carbonyl (C=O) groups excluding carboxylic acids is 1. The third kappa shape index (κ3) is 3.33. The number of nitrogens with zero attached hydrogens (tertiary/aromatic N) is 2. The summed E-state index contributed by atoms with van der Waals surface area (Å²) in [5, 5.41) is 7.00. The first-order chi connectivity index (χ1) is 10.6. The molecule has 0 spiro atoms. The van der Waals surface area contributed by atoms with E-state index in [9.17, 15) is 4.79 Å². The van der Waals surface area contributed by atoms with Crippen molar-refractivity contribution in [2.75, 3.05) is 10.6 Å². The Hall–Kier alpha value is -2.22. The monoisotopic (exact) mass is 404 g/mol. The molecule has 2 aromatic carbocycles. The number of hydrogen-bond acceptors (Lipinski definition) is 4. The van der Waals surface area contributed by atoms with Gasteiger partial charge in [0.2, 0.25) is 5.91 Å². The molecule has 1 heterocycles. The van der Waals surface area contributed by atoms with E-state index in [1.807, 2.05) is 42.5 Å². The molecule has 2 N–H and O–H groups in total. The first-order valence-corrected chi connectivity index (χ1v) is 7.74. The summed E-state index contributed by atoms with van der Waals surface area (Å²) in [6.07, 6.45) is 1.54. The van der Waals surface area contributed by atoms with Gasteiger partial charge in [0.15, 0.2) is 0 Å². The second-order valence-corrected chi connectivity index (χ2v) is 6.01. The van der Waals surface area contributed by atoms with Gasteiger partial charge in [0.05, 0.1) is 5.52 Å². The van der Waals surface area contributed by atoms with Crippen LogP contribution in [0.3, 0.4) is 0 Å². The lowest BCUT2D eigenvalue weighted by molar-refractivity contribution is -0.114. The van der Waals surface area contributed by atoms with Crippen molar-refractivity contribution in [2.45, 2.75) is 6.92 Å². The fourth-order valence-corrected chi connectivity index (χ4v) is 2.60. The number of rotatable bonds is 3. The predicted molar refractivity (Wildman–Crippen MR) is 96.3 cm³/mol. The molecule has 6 heteroatoms. The van der Waals surface area contributed by atoms with Gasteiger partial charge in [-0.25, -0.2) is 9.97 Å². The third-order valence-electron chi connectivity index (χ3n) is 3.07. The number of halogens is 1. The fourth-order valence-electron chi connectivity index (χ4n) is 2.11. The average molecular weight is 404 g/mol. The van der Waals surface area contributed by atoms with Crippen LogP contribution < -0.4 is 10.6 Å². The molecule has 0 aliphatic rings. The lowest BCUT2D eigenvalue weighted by Crippen LogP contribution is -2.05. The van der Waals surface area contributed by atoms with E-state index in [0.717, 1.165) is 31.7 Å². The molecular formula is C16H13IN4O. The SMILES string of the molecule is CC(=O)Nc1ccc(Nc2ncnc3ccc(I)cc23)cc1. The molecule has 0 radical (unpaired) electrons. The highest BCUT2D eigenvalue weighted by Crippen LogP contribution is 2.25. The Morgan fingerprint density at radius 1 is 1.05 bits per heavy atom. The second kappa shape index (κ2) is 6.27. The summed E-state index contributed by atoms with van der Waals surface area (Å²) in [5.41, 5.74) is 2.56. The molecule has 0 unspecified atom stereocenters. The number of amides is 1. The first-order valence-electron chi connectivity index (χ1n) is 6.67. The van der Waals surface area contributed by atoms with Crippen molar-refractivity contribution < 1.29 is 4.79 Å². The number of benzene rings is 2. The molecule has 0 atom stereocenters. The van der Waals surface area contributed by atoms with Gasteiger partial charge in [0.1, 0.15) is 12.1 Å². The van der Waals surface area contributed by atoms with Gasteiger partial charge in [-0.1, -0.05) is 0 Å². The first kappa shape index (κ1) is 14.7. The minimum atomic E-state index is -0.0860. The summed E-state index contributed by atoms with van der Waals surface area (Å²) in [6.45, 7) is 1.49. The van der Waals surface area contributed by atoms with Crippen molar-refractivity contribution in [1.82, 2.24) is 9.97 Å². The van der Waals surface area contributed by atoms with E-state index in [0.29, 0.717) is 0 Å². The van der Waals surface area contributed by atoms with Gasteiger partial charge in [-0.2, -0.15) is 0 Å². The highest BCUT2D eigenvalue weighted by molar-refractivity contribution is 14.1. The largest absolute Gasteiger partial charge is 0.340 e. The van der Waals surface area contributed by atoms with E-state index in [1.165, 1.54) is 6.92 Å². The van der Waals surface area contributed by atoms with Crippen LogP contribution in [0.1, 0.15) is 6.92 Å². The zero-order chi connectivity index (χ0) is 15.5. The maximum absolute atomic E-state index is 11.0. The third-order valence-corrected chi connectivity index (χ3v) is 3.74. The molecule has 0 saturated heterocycles. The van der Waals surface area contributed by atoms with Crippen molar-refractivity contribution in [3.05, 3.63) is 52.4 Å². The van der Waals surface area contributed by atoms with Crippen LogP contribution in [0, 0.1) is 3.57 Å². The number of hydrogen-bond donors (Lipinski definition) is 2. The van der Waals surface area contributed by atoms with E-state index in [4.69, 9.17) is 0 Å². The number of anilines is 3. The van der Waals surface area contributed by atoms with E-state index in [2.05, 4.69) is 43.2 Å². The molecule has 1 aromatic heterocycles. The summed E-state index contributed by atoms with van der Waals surface area (Å²) in [6, 6.07) is 13.5. The highest BCUT2D eigenvalue weighted by atomic mass is 127. The molecule has 0 bridgehead atoms. The second-order valence-electron chi connectivity index (χ2n) is 4.77. The Kier molecular flexibility index (Phi) is 4.19.